The molecule has 0 saturated heterocycles. The van der Waals surface area contributed by atoms with Gasteiger partial charge in [-0.3, -0.25) is 4.57 Å². The Morgan fingerprint density at radius 2 is 2.05 bits per heavy atom. The van der Waals surface area contributed by atoms with Gasteiger partial charge in [0.2, 0.25) is 0 Å². The van der Waals surface area contributed by atoms with Crippen LogP contribution in [0.25, 0.3) is 30.2 Å². The van der Waals surface area contributed by atoms with Gasteiger partial charge >= 0.3 is 0 Å². The van der Waals surface area contributed by atoms with Gasteiger partial charge in [-0.05, 0) is 38.8 Å². The first kappa shape index (κ1) is 13.5. The molecule has 19 heavy (non-hydrogen) atoms. The van der Waals surface area contributed by atoms with Crippen LogP contribution in [0.4, 0.5) is 0 Å². The molecule has 0 radical (unpaired) electrons. The molecule has 0 amide bonds. The van der Waals surface area contributed by atoms with Crippen molar-refractivity contribution < 1.29 is 5.11 Å². The van der Waals surface area contributed by atoms with Gasteiger partial charge in [-0.2, -0.15) is 0 Å². The van der Waals surface area contributed by atoms with E-state index in [0.29, 0.717) is 0 Å². The van der Waals surface area contributed by atoms with E-state index >= 15 is 0 Å². The number of nitrogens with zero attached hydrogens (tertiary/aromatic N) is 1. The predicted octanol–water partition coefficient (Wildman–Crippen LogP) is 3.29. The van der Waals surface area contributed by atoms with Gasteiger partial charge in [0.25, 0.3) is 0 Å². The van der Waals surface area contributed by atoms with Crippen molar-refractivity contribution in [2.75, 3.05) is 0 Å². The quantitative estimate of drug-likeness (QED) is 0.806. The van der Waals surface area contributed by atoms with Crippen LogP contribution in [0.1, 0.15) is 44.4 Å². The minimum atomic E-state index is 0.0719. The first-order chi connectivity index (χ1) is 9.20. The Morgan fingerprint density at radius 3 is 2.63 bits per heavy atom. The van der Waals surface area contributed by atoms with Crippen molar-refractivity contribution in [1.29, 1.82) is 0 Å². The minimum Gasteiger partial charge on any atom is -0.495 e. The van der Waals surface area contributed by atoms with E-state index < -0.39 is 0 Å². The Kier molecular flexibility index (Phi) is 4.10. The molecule has 1 heterocycles. The highest BCUT2D eigenvalue weighted by atomic mass is 16.3. The number of hydrogen-bond donors (Lipinski definition) is 1. The van der Waals surface area contributed by atoms with Crippen LogP contribution in [0.5, 0.6) is 0 Å². The molecule has 1 N–H and O–H groups in total. The van der Waals surface area contributed by atoms with E-state index in [1.807, 2.05) is 11.5 Å². The maximum Gasteiger partial charge on any atom is 0.188 e. The summed E-state index contributed by atoms with van der Waals surface area (Å²) < 4.78 is 1.83. The molecule has 0 atom stereocenters. The monoisotopic (exact) mass is 255 g/mol. The highest BCUT2D eigenvalue weighted by molar-refractivity contribution is 5.69. The van der Waals surface area contributed by atoms with E-state index in [9.17, 15) is 5.11 Å². The standard InChI is InChI=1S/C17H21NO/c1-4-10-16-14(5-2)15-11-8-6-7-9-12-17(15)18(16)13(3)19/h5,8-12,19H,3-4,6-7H2,1-2H3/b11-8-,12-9-,14-5-,16-10+. The van der Waals surface area contributed by atoms with Crippen molar-refractivity contribution in [3.05, 3.63) is 40.6 Å². The van der Waals surface area contributed by atoms with Gasteiger partial charge in [0.05, 0.1) is 11.0 Å². The first-order valence-electron chi connectivity index (χ1n) is 6.83. The third kappa shape index (κ3) is 2.43. The van der Waals surface area contributed by atoms with Crippen molar-refractivity contribution >= 4 is 30.2 Å². The fourth-order valence-corrected chi connectivity index (χ4v) is 2.55. The second-order valence-corrected chi connectivity index (χ2v) is 4.63. The second kappa shape index (κ2) is 5.79. The van der Waals surface area contributed by atoms with Gasteiger partial charge in [-0.1, -0.05) is 37.3 Å². The van der Waals surface area contributed by atoms with Crippen molar-refractivity contribution in [2.24, 2.45) is 0 Å². The number of fused-ring (bicyclic) bond motifs is 1. The van der Waals surface area contributed by atoms with E-state index in [0.717, 1.165) is 41.1 Å². The molecule has 2 rings (SSSR count). The lowest BCUT2D eigenvalue weighted by Gasteiger charge is -2.06. The van der Waals surface area contributed by atoms with Crippen LogP contribution in [-0.4, -0.2) is 9.67 Å². The molecule has 100 valence electrons. The molecule has 0 spiro atoms. The molecule has 1 aromatic heterocycles. The minimum absolute atomic E-state index is 0.0719. The van der Waals surface area contributed by atoms with E-state index in [2.05, 4.69) is 50.0 Å². The molecular weight excluding hydrogens is 234 g/mol. The topological polar surface area (TPSA) is 25.2 Å². The summed E-state index contributed by atoms with van der Waals surface area (Å²) in [5.74, 6) is 0.0719. The molecule has 0 fully saturated rings. The molecule has 0 unspecified atom stereocenters. The van der Waals surface area contributed by atoms with Gasteiger partial charge in [0, 0.05) is 10.8 Å². The highest BCUT2D eigenvalue weighted by Crippen LogP contribution is 2.15. The maximum atomic E-state index is 9.93. The van der Waals surface area contributed by atoms with Crippen LogP contribution < -0.4 is 10.6 Å². The largest absolute Gasteiger partial charge is 0.495 e. The van der Waals surface area contributed by atoms with Crippen LogP contribution in [0.2, 0.25) is 0 Å². The fraction of sp³-hybridized carbons (Fsp3) is 0.294. The molecule has 0 aromatic carbocycles. The lowest BCUT2D eigenvalue weighted by atomic mass is 10.1. The van der Waals surface area contributed by atoms with Crippen LogP contribution in [0, 0.1) is 0 Å². The average Bonchev–Trinajstić information content (AvgIpc) is 2.62. The van der Waals surface area contributed by atoms with Crippen molar-refractivity contribution in [1.82, 2.24) is 4.57 Å². The van der Waals surface area contributed by atoms with E-state index in [-0.39, 0.29) is 5.88 Å². The van der Waals surface area contributed by atoms with Gasteiger partial charge in [-0.15, -0.1) is 0 Å². The molecule has 0 saturated carbocycles. The Balaban J connectivity index is 2.94. The normalized spacial score (nSPS) is 19.7. The van der Waals surface area contributed by atoms with Crippen molar-refractivity contribution in [2.45, 2.75) is 33.1 Å². The summed E-state index contributed by atoms with van der Waals surface area (Å²) >= 11 is 0. The predicted molar refractivity (Wildman–Crippen MR) is 83.8 cm³/mol. The van der Waals surface area contributed by atoms with Crippen molar-refractivity contribution in [3.63, 3.8) is 0 Å². The summed E-state index contributed by atoms with van der Waals surface area (Å²) in [4.78, 5) is 0. The van der Waals surface area contributed by atoms with E-state index in [1.165, 1.54) is 0 Å². The third-order valence-corrected chi connectivity index (χ3v) is 3.33. The summed E-state index contributed by atoms with van der Waals surface area (Å²) in [5, 5.41) is 12.1. The number of aliphatic hydroxyl groups excluding tert-OH is 1. The zero-order chi connectivity index (χ0) is 13.8. The van der Waals surface area contributed by atoms with E-state index in [4.69, 9.17) is 0 Å². The molecular formula is C17H21NO. The summed E-state index contributed by atoms with van der Waals surface area (Å²) in [6, 6.07) is 0. The Bertz CT molecular complexity index is 656. The van der Waals surface area contributed by atoms with Crippen LogP contribution in [0.15, 0.2) is 18.7 Å². The Morgan fingerprint density at radius 1 is 1.37 bits per heavy atom. The molecule has 0 bridgehead atoms. The molecule has 1 aliphatic rings. The molecule has 1 aromatic rings. The zero-order valence-corrected chi connectivity index (χ0v) is 11.7. The van der Waals surface area contributed by atoms with E-state index in [1.54, 1.807) is 0 Å². The lowest BCUT2D eigenvalue weighted by Crippen LogP contribution is -2.29. The third-order valence-electron chi connectivity index (χ3n) is 3.33. The number of aromatic nitrogens is 1. The van der Waals surface area contributed by atoms with Crippen molar-refractivity contribution in [3.8, 4) is 0 Å². The molecule has 1 aliphatic carbocycles. The van der Waals surface area contributed by atoms with Crippen LogP contribution in [-0.2, 0) is 0 Å². The summed E-state index contributed by atoms with van der Waals surface area (Å²) in [5.41, 5.74) is 2.17. The second-order valence-electron chi connectivity index (χ2n) is 4.63. The molecule has 0 aliphatic heterocycles. The molecule has 2 heteroatoms. The Labute approximate surface area is 114 Å². The van der Waals surface area contributed by atoms with Crippen LogP contribution >= 0.6 is 0 Å². The summed E-state index contributed by atoms with van der Waals surface area (Å²) in [7, 11) is 0. The highest BCUT2D eigenvalue weighted by Gasteiger charge is 2.12. The first-order valence-corrected chi connectivity index (χ1v) is 6.83. The fourth-order valence-electron chi connectivity index (χ4n) is 2.55. The number of aliphatic hydroxyl groups is 1. The Hall–Kier alpha value is -1.96. The smallest absolute Gasteiger partial charge is 0.188 e. The van der Waals surface area contributed by atoms with Gasteiger partial charge in [-0.25, -0.2) is 0 Å². The van der Waals surface area contributed by atoms with Gasteiger partial charge in [0.15, 0.2) is 5.88 Å². The van der Waals surface area contributed by atoms with Crippen LogP contribution in [0.3, 0.4) is 0 Å². The summed E-state index contributed by atoms with van der Waals surface area (Å²) in [6.45, 7) is 7.83. The lowest BCUT2D eigenvalue weighted by molar-refractivity contribution is 0.471. The maximum absolute atomic E-state index is 9.93. The van der Waals surface area contributed by atoms with Gasteiger partial charge < -0.3 is 5.11 Å². The molecule has 2 nitrogen and oxygen atoms in total. The summed E-state index contributed by atoms with van der Waals surface area (Å²) in [6.07, 6.45) is 15.8. The number of rotatable bonds is 2. The number of allylic oxidation sites excluding steroid dienone is 2. The SMILES string of the molecule is C=C(O)n1c2c(c(=C/C)/c1=C\CC)/C=C\CC/C=C\2. The average molecular weight is 255 g/mol. The van der Waals surface area contributed by atoms with Gasteiger partial charge in [0.1, 0.15) is 0 Å². The zero-order valence-electron chi connectivity index (χ0n) is 11.7. The number of hydrogen-bond acceptors (Lipinski definition) is 1.